The van der Waals surface area contributed by atoms with Gasteiger partial charge >= 0.3 is 5.97 Å². The highest BCUT2D eigenvalue weighted by Crippen LogP contribution is 2.29. The molecule has 8 nitrogen and oxygen atoms in total. The minimum atomic E-state index is -0.738. The number of carbonyl (C=O) groups excluding carboxylic acids is 2. The number of nitro groups is 1. The number of hydrogen-bond donors (Lipinski definition) is 0. The van der Waals surface area contributed by atoms with Crippen molar-refractivity contribution in [2.75, 3.05) is 31.6 Å². The van der Waals surface area contributed by atoms with Gasteiger partial charge in [0.2, 0.25) is 0 Å². The second kappa shape index (κ2) is 9.39. The second-order valence-electron chi connectivity index (χ2n) is 7.46. The van der Waals surface area contributed by atoms with Crippen molar-refractivity contribution in [1.29, 1.82) is 0 Å². The van der Waals surface area contributed by atoms with Crippen molar-refractivity contribution in [3.63, 3.8) is 0 Å². The molecule has 0 N–H and O–H groups in total. The number of aryl methyl sites for hydroxylation is 1. The zero-order chi connectivity index (χ0) is 21.7. The summed E-state index contributed by atoms with van der Waals surface area (Å²) in [7, 11) is 1.64. The van der Waals surface area contributed by atoms with Gasteiger partial charge in [-0.25, -0.2) is 4.79 Å². The van der Waals surface area contributed by atoms with E-state index in [1.807, 2.05) is 36.1 Å². The molecule has 0 aromatic heterocycles. The molecule has 1 fully saturated rings. The Kier molecular flexibility index (Phi) is 6.66. The molecule has 0 unspecified atom stereocenters. The average Bonchev–Trinajstić information content (AvgIpc) is 3.27. The summed E-state index contributed by atoms with van der Waals surface area (Å²) < 4.78 is 5.22. The van der Waals surface area contributed by atoms with Crippen LogP contribution in [0.5, 0.6) is 0 Å². The first-order chi connectivity index (χ1) is 14.3. The minimum absolute atomic E-state index is 0.111. The fourth-order valence-corrected chi connectivity index (χ4v) is 3.41. The standard InChI is InChI=1S/C22H25N3O5/c1-16-5-7-17(8-6-16)14-23(2)21(26)15-30-22(27)19-13-18(25(28)29)9-10-20(19)24-11-3-4-12-24/h5-10,13H,3-4,11-12,14-15H2,1-2H3. The molecule has 1 aliphatic rings. The minimum Gasteiger partial charge on any atom is -0.452 e. The van der Waals surface area contributed by atoms with Crippen molar-refractivity contribution in [3.05, 3.63) is 69.3 Å². The van der Waals surface area contributed by atoms with Crippen molar-refractivity contribution < 1.29 is 19.2 Å². The fourth-order valence-electron chi connectivity index (χ4n) is 3.41. The lowest BCUT2D eigenvalue weighted by Gasteiger charge is -2.21. The summed E-state index contributed by atoms with van der Waals surface area (Å²) in [5.74, 6) is -1.09. The van der Waals surface area contributed by atoms with E-state index in [1.54, 1.807) is 13.1 Å². The molecule has 0 atom stereocenters. The highest BCUT2D eigenvalue weighted by molar-refractivity contribution is 5.97. The number of amides is 1. The van der Waals surface area contributed by atoms with Gasteiger partial charge < -0.3 is 14.5 Å². The van der Waals surface area contributed by atoms with E-state index in [9.17, 15) is 19.7 Å². The number of rotatable bonds is 7. The van der Waals surface area contributed by atoms with Crippen LogP contribution in [0.3, 0.4) is 0 Å². The first-order valence-electron chi connectivity index (χ1n) is 9.85. The summed E-state index contributed by atoms with van der Waals surface area (Å²) in [5.41, 5.74) is 2.63. The number of carbonyl (C=O) groups is 2. The SMILES string of the molecule is Cc1ccc(CN(C)C(=O)COC(=O)c2cc([N+](=O)[O-])ccc2N2CCCC2)cc1. The first kappa shape index (κ1) is 21.3. The first-order valence-corrected chi connectivity index (χ1v) is 9.85. The van der Waals surface area contributed by atoms with Crippen molar-refractivity contribution in [2.24, 2.45) is 0 Å². The molecule has 3 rings (SSSR count). The van der Waals surface area contributed by atoms with Crippen LogP contribution < -0.4 is 4.90 Å². The van der Waals surface area contributed by atoms with Crippen LogP contribution in [-0.4, -0.2) is 48.4 Å². The normalized spacial score (nSPS) is 13.2. The Morgan fingerprint density at radius 2 is 1.80 bits per heavy atom. The third-order valence-corrected chi connectivity index (χ3v) is 5.15. The second-order valence-corrected chi connectivity index (χ2v) is 7.46. The third kappa shape index (κ3) is 5.14. The van der Waals surface area contributed by atoms with Crippen molar-refractivity contribution in [1.82, 2.24) is 4.90 Å². The Hall–Kier alpha value is -3.42. The fraction of sp³-hybridized carbons (Fsp3) is 0.364. The summed E-state index contributed by atoms with van der Waals surface area (Å²) >= 11 is 0. The van der Waals surface area contributed by atoms with Crippen LogP contribution in [-0.2, 0) is 16.1 Å². The topological polar surface area (TPSA) is 93.0 Å². The monoisotopic (exact) mass is 411 g/mol. The zero-order valence-corrected chi connectivity index (χ0v) is 17.2. The number of nitro benzene ring substituents is 1. The smallest absolute Gasteiger partial charge is 0.341 e. The predicted octanol–water partition coefficient (Wildman–Crippen LogP) is 3.32. The lowest BCUT2D eigenvalue weighted by molar-refractivity contribution is -0.384. The van der Waals surface area contributed by atoms with E-state index in [1.165, 1.54) is 17.0 Å². The summed E-state index contributed by atoms with van der Waals surface area (Å²) in [6, 6.07) is 12.0. The van der Waals surface area contributed by atoms with Gasteiger partial charge in [0.1, 0.15) is 0 Å². The zero-order valence-electron chi connectivity index (χ0n) is 17.2. The molecule has 2 aromatic carbocycles. The van der Waals surface area contributed by atoms with Gasteiger partial charge in [0.15, 0.2) is 6.61 Å². The Labute approximate surface area is 175 Å². The van der Waals surface area contributed by atoms with Crippen LogP contribution in [0, 0.1) is 17.0 Å². The number of benzene rings is 2. The predicted molar refractivity (Wildman–Crippen MR) is 112 cm³/mol. The molecule has 0 aliphatic carbocycles. The molecule has 0 radical (unpaired) electrons. The van der Waals surface area contributed by atoms with Gasteiger partial charge in [-0.3, -0.25) is 14.9 Å². The average molecular weight is 411 g/mol. The summed E-state index contributed by atoms with van der Waals surface area (Å²) in [4.78, 5) is 39.1. The Morgan fingerprint density at radius 3 is 2.43 bits per heavy atom. The van der Waals surface area contributed by atoms with Crippen LogP contribution >= 0.6 is 0 Å². The van der Waals surface area contributed by atoms with E-state index < -0.39 is 17.5 Å². The van der Waals surface area contributed by atoms with Gasteiger partial charge in [0, 0.05) is 38.8 Å². The molecule has 0 spiro atoms. The van der Waals surface area contributed by atoms with Crippen LogP contribution in [0.15, 0.2) is 42.5 Å². The molecule has 30 heavy (non-hydrogen) atoms. The lowest BCUT2D eigenvalue weighted by atomic mass is 10.1. The summed E-state index contributed by atoms with van der Waals surface area (Å²) in [6.45, 7) is 3.50. The van der Waals surface area contributed by atoms with Crippen molar-refractivity contribution >= 4 is 23.3 Å². The van der Waals surface area contributed by atoms with Gasteiger partial charge in [-0.1, -0.05) is 29.8 Å². The lowest BCUT2D eigenvalue weighted by Crippen LogP contribution is -2.31. The Morgan fingerprint density at radius 1 is 1.13 bits per heavy atom. The quantitative estimate of drug-likeness (QED) is 0.394. The number of likely N-dealkylation sites (N-methyl/N-ethyl adjacent to an activating group) is 1. The van der Waals surface area contributed by atoms with Crippen LogP contribution in [0.25, 0.3) is 0 Å². The van der Waals surface area contributed by atoms with Crippen molar-refractivity contribution in [2.45, 2.75) is 26.3 Å². The number of esters is 1. The number of non-ortho nitro benzene ring substituents is 1. The highest BCUT2D eigenvalue weighted by Gasteiger charge is 2.24. The van der Waals surface area contributed by atoms with Gasteiger partial charge in [-0.15, -0.1) is 0 Å². The molecular formula is C22H25N3O5. The van der Waals surface area contributed by atoms with Gasteiger partial charge in [-0.05, 0) is 31.4 Å². The van der Waals surface area contributed by atoms with Crippen LogP contribution in [0.1, 0.15) is 34.3 Å². The van der Waals surface area contributed by atoms with E-state index in [0.29, 0.717) is 12.2 Å². The van der Waals surface area contributed by atoms with Gasteiger partial charge in [0.05, 0.1) is 16.2 Å². The van der Waals surface area contributed by atoms with E-state index >= 15 is 0 Å². The number of anilines is 1. The molecule has 1 amide bonds. The molecule has 1 heterocycles. The maximum absolute atomic E-state index is 12.7. The summed E-state index contributed by atoms with van der Waals surface area (Å²) in [5, 5.41) is 11.1. The van der Waals surface area contributed by atoms with E-state index in [4.69, 9.17) is 4.74 Å². The summed E-state index contributed by atoms with van der Waals surface area (Å²) in [6.07, 6.45) is 1.99. The highest BCUT2D eigenvalue weighted by atomic mass is 16.6. The number of hydrogen-bond acceptors (Lipinski definition) is 6. The Balaban J connectivity index is 1.67. The molecule has 1 aliphatic heterocycles. The van der Waals surface area contributed by atoms with E-state index in [0.717, 1.165) is 37.1 Å². The Bertz CT molecular complexity index is 936. The molecule has 0 saturated carbocycles. The molecule has 2 aromatic rings. The molecule has 158 valence electrons. The molecule has 8 heteroatoms. The molecule has 1 saturated heterocycles. The van der Waals surface area contributed by atoms with Gasteiger partial charge in [0.25, 0.3) is 11.6 Å². The molecule has 0 bridgehead atoms. The number of nitrogens with zero attached hydrogens (tertiary/aromatic N) is 3. The largest absolute Gasteiger partial charge is 0.452 e. The van der Waals surface area contributed by atoms with Gasteiger partial charge in [-0.2, -0.15) is 0 Å². The van der Waals surface area contributed by atoms with E-state index in [-0.39, 0.29) is 17.2 Å². The maximum atomic E-state index is 12.7. The van der Waals surface area contributed by atoms with Crippen LogP contribution in [0.4, 0.5) is 11.4 Å². The molecular weight excluding hydrogens is 386 g/mol. The number of ether oxygens (including phenoxy) is 1. The van der Waals surface area contributed by atoms with E-state index in [2.05, 4.69) is 0 Å². The van der Waals surface area contributed by atoms with Crippen LogP contribution in [0.2, 0.25) is 0 Å². The van der Waals surface area contributed by atoms with Crippen molar-refractivity contribution in [3.8, 4) is 0 Å². The maximum Gasteiger partial charge on any atom is 0.341 e. The third-order valence-electron chi connectivity index (χ3n) is 5.15.